The number of rotatable bonds is 6. The normalized spacial score (nSPS) is 10.1. The molecule has 2 rings (SSSR count). The van der Waals surface area contributed by atoms with Crippen LogP contribution in [0.15, 0.2) is 42.5 Å². The van der Waals surface area contributed by atoms with E-state index in [0.717, 1.165) is 5.75 Å². The van der Waals surface area contributed by atoms with Crippen molar-refractivity contribution >= 4 is 34.8 Å². The van der Waals surface area contributed by atoms with Crippen molar-refractivity contribution in [3.05, 3.63) is 52.5 Å². The van der Waals surface area contributed by atoms with Crippen molar-refractivity contribution in [3.63, 3.8) is 0 Å². The summed E-state index contributed by atoms with van der Waals surface area (Å²) in [5, 5.41) is 3.60. The van der Waals surface area contributed by atoms with Gasteiger partial charge in [0.25, 0.3) is 5.91 Å². The highest BCUT2D eigenvalue weighted by atomic mass is 35.5. The smallest absolute Gasteiger partial charge is 0.262 e. The second kappa shape index (κ2) is 7.92. The molecule has 0 radical (unpaired) electrons. The Bertz CT molecular complexity index is 644. The maximum absolute atomic E-state index is 11.8. The van der Waals surface area contributed by atoms with Crippen molar-refractivity contribution in [2.45, 2.75) is 6.92 Å². The third-order valence-corrected chi connectivity index (χ3v) is 3.23. The molecule has 2 aromatic carbocycles. The number of benzene rings is 2. The third-order valence-electron chi connectivity index (χ3n) is 2.70. The molecule has 1 N–H and O–H groups in total. The molecule has 116 valence electrons. The number of carbonyl (C=O) groups is 1. The average Bonchev–Trinajstić information content (AvgIpc) is 2.49. The van der Waals surface area contributed by atoms with Gasteiger partial charge in [0.1, 0.15) is 11.5 Å². The Morgan fingerprint density at radius 2 is 1.82 bits per heavy atom. The van der Waals surface area contributed by atoms with E-state index in [2.05, 4.69) is 5.32 Å². The van der Waals surface area contributed by atoms with E-state index >= 15 is 0 Å². The van der Waals surface area contributed by atoms with E-state index in [9.17, 15) is 4.79 Å². The van der Waals surface area contributed by atoms with Crippen molar-refractivity contribution in [1.29, 1.82) is 0 Å². The molecule has 22 heavy (non-hydrogen) atoms. The lowest BCUT2D eigenvalue weighted by Crippen LogP contribution is -2.20. The minimum Gasteiger partial charge on any atom is -0.494 e. The van der Waals surface area contributed by atoms with Gasteiger partial charge in [0.05, 0.1) is 11.6 Å². The first-order valence-electron chi connectivity index (χ1n) is 6.69. The lowest BCUT2D eigenvalue weighted by molar-refractivity contribution is -0.118. The molecule has 0 fully saturated rings. The van der Waals surface area contributed by atoms with E-state index in [1.54, 1.807) is 42.5 Å². The first-order valence-corrected chi connectivity index (χ1v) is 7.44. The summed E-state index contributed by atoms with van der Waals surface area (Å²) in [7, 11) is 0. The van der Waals surface area contributed by atoms with Crippen LogP contribution in [-0.2, 0) is 4.79 Å². The SMILES string of the molecule is CCOc1ccc(NC(=O)COc2ccc(Cl)cc2Cl)cc1. The first kappa shape index (κ1) is 16.5. The van der Waals surface area contributed by atoms with Gasteiger partial charge in [-0.15, -0.1) is 0 Å². The van der Waals surface area contributed by atoms with Crippen LogP contribution in [-0.4, -0.2) is 19.1 Å². The standard InChI is InChI=1S/C16H15Cl2NO3/c1-2-21-13-6-4-12(5-7-13)19-16(20)10-22-15-8-3-11(17)9-14(15)18/h3-9H,2,10H2,1H3,(H,19,20). The number of ether oxygens (including phenoxy) is 2. The van der Waals surface area contributed by atoms with Gasteiger partial charge in [-0.1, -0.05) is 23.2 Å². The van der Waals surface area contributed by atoms with E-state index in [4.69, 9.17) is 32.7 Å². The lowest BCUT2D eigenvalue weighted by atomic mass is 10.3. The topological polar surface area (TPSA) is 47.6 Å². The Labute approximate surface area is 138 Å². The van der Waals surface area contributed by atoms with Crippen LogP contribution in [0.1, 0.15) is 6.92 Å². The van der Waals surface area contributed by atoms with Gasteiger partial charge < -0.3 is 14.8 Å². The zero-order chi connectivity index (χ0) is 15.9. The number of amides is 1. The van der Waals surface area contributed by atoms with Crippen LogP contribution >= 0.6 is 23.2 Å². The molecule has 0 aliphatic heterocycles. The number of halogens is 2. The summed E-state index contributed by atoms with van der Waals surface area (Å²) in [6.07, 6.45) is 0. The predicted molar refractivity (Wildman–Crippen MR) is 88.2 cm³/mol. The molecule has 1 amide bonds. The van der Waals surface area contributed by atoms with Crippen LogP contribution < -0.4 is 14.8 Å². The van der Waals surface area contributed by atoms with Crippen LogP contribution in [0, 0.1) is 0 Å². The highest BCUT2D eigenvalue weighted by Crippen LogP contribution is 2.27. The lowest BCUT2D eigenvalue weighted by Gasteiger charge is -2.09. The average molecular weight is 340 g/mol. The molecule has 0 aromatic heterocycles. The molecule has 6 heteroatoms. The number of nitrogens with one attached hydrogen (secondary N) is 1. The van der Waals surface area contributed by atoms with Crippen LogP contribution in [0.2, 0.25) is 10.0 Å². The van der Waals surface area contributed by atoms with Crippen LogP contribution in [0.3, 0.4) is 0 Å². The van der Waals surface area contributed by atoms with E-state index < -0.39 is 0 Å². The Morgan fingerprint density at radius 3 is 2.45 bits per heavy atom. The van der Waals surface area contributed by atoms with Gasteiger partial charge in [-0.2, -0.15) is 0 Å². The molecule has 0 saturated carbocycles. The van der Waals surface area contributed by atoms with Gasteiger partial charge in [-0.3, -0.25) is 4.79 Å². The summed E-state index contributed by atoms with van der Waals surface area (Å²) in [5.41, 5.74) is 0.666. The Morgan fingerprint density at radius 1 is 1.09 bits per heavy atom. The molecule has 0 unspecified atom stereocenters. The minimum absolute atomic E-state index is 0.144. The van der Waals surface area contributed by atoms with E-state index in [1.807, 2.05) is 6.92 Å². The third kappa shape index (κ3) is 4.83. The largest absolute Gasteiger partial charge is 0.494 e. The first-order chi connectivity index (χ1) is 10.6. The Kier molecular flexibility index (Phi) is 5.92. The van der Waals surface area contributed by atoms with Gasteiger partial charge in [0.2, 0.25) is 0 Å². The monoisotopic (exact) mass is 339 g/mol. The van der Waals surface area contributed by atoms with Gasteiger partial charge in [-0.25, -0.2) is 0 Å². The number of hydrogen-bond acceptors (Lipinski definition) is 3. The van der Waals surface area contributed by atoms with Crippen molar-refractivity contribution in [2.24, 2.45) is 0 Å². The fourth-order valence-corrected chi connectivity index (χ4v) is 2.20. The van der Waals surface area contributed by atoms with Crippen LogP contribution in [0.25, 0.3) is 0 Å². The molecule has 4 nitrogen and oxygen atoms in total. The number of anilines is 1. The number of carbonyl (C=O) groups excluding carboxylic acids is 1. The second-order valence-electron chi connectivity index (χ2n) is 4.37. The van der Waals surface area contributed by atoms with Gasteiger partial charge in [-0.05, 0) is 49.4 Å². The summed E-state index contributed by atoms with van der Waals surface area (Å²) in [6, 6.07) is 11.9. The molecule has 0 aliphatic carbocycles. The molecule has 0 bridgehead atoms. The summed E-state index contributed by atoms with van der Waals surface area (Å²) in [5.74, 6) is 0.882. The quantitative estimate of drug-likeness (QED) is 0.847. The molecule has 2 aromatic rings. The molecule has 0 heterocycles. The minimum atomic E-state index is -0.282. The van der Waals surface area contributed by atoms with Crippen molar-refractivity contribution < 1.29 is 14.3 Å². The zero-order valence-electron chi connectivity index (χ0n) is 11.9. The zero-order valence-corrected chi connectivity index (χ0v) is 13.4. The molecule has 0 aliphatic rings. The molecule has 0 spiro atoms. The van der Waals surface area contributed by atoms with Crippen LogP contribution in [0.5, 0.6) is 11.5 Å². The summed E-state index contributed by atoms with van der Waals surface area (Å²) in [6.45, 7) is 2.37. The summed E-state index contributed by atoms with van der Waals surface area (Å²) in [4.78, 5) is 11.8. The van der Waals surface area contributed by atoms with E-state index in [0.29, 0.717) is 28.1 Å². The van der Waals surface area contributed by atoms with E-state index in [1.165, 1.54) is 0 Å². The summed E-state index contributed by atoms with van der Waals surface area (Å²) < 4.78 is 10.7. The molecular formula is C16H15Cl2NO3. The van der Waals surface area contributed by atoms with Crippen molar-refractivity contribution in [1.82, 2.24) is 0 Å². The predicted octanol–water partition coefficient (Wildman–Crippen LogP) is 4.41. The van der Waals surface area contributed by atoms with Gasteiger partial charge in [0, 0.05) is 10.7 Å². The van der Waals surface area contributed by atoms with Crippen LogP contribution in [0.4, 0.5) is 5.69 Å². The van der Waals surface area contributed by atoms with E-state index in [-0.39, 0.29) is 12.5 Å². The molecule has 0 atom stereocenters. The van der Waals surface area contributed by atoms with Gasteiger partial charge in [0.15, 0.2) is 6.61 Å². The van der Waals surface area contributed by atoms with Crippen molar-refractivity contribution in [2.75, 3.05) is 18.5 Å². The fraction of sp³-hybridized carbons (Fsp3) is 0.188. The highest BCUT2D eigenvalue weighted by Gasteiger charge is 2.07. The van der Waals surface area contributed by atoms with Gasteiger partial charge >= 0.3 is 0 Å². The maximum Gasteiger partial charge on any atom is 0.262 e. The van der Waals surface area contributed by atoms with Crippen molar-refractivity contribution in [3.8, 4) is 11.5 Å². The summed E-state index contributed by atoms with van der Waals surface area (Å²) >= 11 is 11.8. The number of hydrogen-bond donors (Lipinski definition) is 1. The molecular weight excluding hydrogens is 325 g/mol. The maximum atomic E-state index is 11.8. The second-order valence-corrected chi connectivity index (χ2v) is 5.21. The highest BCUT2D eigenvalue weighted by molar-refractivity contribution is 6.35. The molecule has 0 saturated heterocycles. The Balaban J connectivity index is 1.87. The Hall–Kier alpha value is -1.91. The fourth-order valence-electron chi connectivity index (χ4n) is 1.73.